The van der Waals surface area contributed by atoms with E-state index in [2.05, 4.69) is 20.9 Å². The number of aromatic nitrogens is 2. The molecule has 0 aliphatic heterocycles. The van der Waals surface area contributed by atoms with E-state index in [1.807, 2.05) is 0 Å². The third kappa shape index (κ3) is 2.82. The third-order valence-corrected chi connectivity index (χ3v) is 2.63. The second kappa shape index (κ2) is 5.17. The van der Waals surface area contributed by atoms with Gasteiger partial charge in [-0.05, 0) is 15.9 Å². The molecule has 0 atom stereocenters. The number of hydrogen-bond donors (Lipinski definition) is 1. The number of aliphatic hydroxyl groups excluding tert-OH is 1. The molecule has 0 unspecified atom stereocenters. The van der Waals surface area contributed by atoms with Gasteiger partial charge in [0.05, 0.1) is 13.2 Å². The van der Waals surface area contributed by atoms with E-state index >= 15 is 0 Å². The van der Waals surface area contributed by atoms with Gasteiger partial charge in [0.2, 0.25) is 0 Å². The van der Waals surface area contributed by atoms with Crippen molar-refractivity contribution in [3.05, 3.63) is 15.0 Å². The van der Waals surface area contributed by atoms with E-state index in [-0.39, 0.29) is 25.1 Å². The van der Waals surface area contributed by atoms with E-state index in [1.165, 1.54) is 0 Å². The molecule has 0 saturated heterocycles. The van der Waals surface area contributed by atoms with Crippen LogP contribution in [-0.2, 0) is 11.5 Å². The van der Waals surface area contributed by atoms with Crippen molar-refractivity contribution in [3.8, 4) is 0 Å². The lowest BCUT2D eigenvalue weighted by Gasteiger charge is -2.05. The highest BCUT2D eigenvalue weighted by Gasteiger charge is 2.11. The van der Waals surface area contributed by atoms with Crippen molar-refractivity contribution in [2.24, 2.45) is 0 Å². The standard InChI is InChI=1S/C6H7BrCl2N2O2/c7-6-10-4(8)5(9)11(6)3-13-2-1-12/h12H,1-3H2. The summed E-state index contributed by atoms with van der Waals surface area (Å²) in [6, 6.07) is 0. The first-order valence-electron chi connectivity index (χ1n) is 3.42. The quantitative estimate of drug-likeness (QED) is 0.862. The average molecular weight is 290 g/mol. The summed E-state index contributed by atoms with van der Waals surface area (Å²) in [5.41, 5.74) is 0. The predicted octanol–water partition coefficient (Wildman–Crippen LogP) is 1.92. The number of rotatable bonds is 4. The molecule has 0 radical (unpaired) electrons. The summed E-state index contributed by atoms with van der Waals surface area (Å²) in [6.07, 6.45) is 0. The van der Waals surface area contributed by atoms with Crippen molar-refractivity contribution in [2.75, 3.05) is 13.2 Å². The van der Waals surface area contributed by atoms with Crippen LogP contribution in [0.4, 0.5) is 0 Å². The maximum atomic E-state index is 8.47. The second-order valence-corrected chi connectivity index (χ2v) is 3.58. The molecule has 0 bridgehead atoms. The summed E-state index contributed by atoms with van der Waals surface area (Å²) in [6.45, 7) is 0.427. The molecular weight excluding hydrogens is 283 g/mol. The van der Waals surface area contributed by atoms with E-state index in [0.717, 1.165) is 0 Å². The van der Waals surface area contributed by atoms with E-state index in [1.54, 1.807) is 4.57 Å². The molecule has 13 heavy (non-hydrogen) atoms. The Bertz CT molecular complexity index is 292. The van der Waals surface area contributed by atoms with Crippen LogP contribution in [0.2, 0.25) is 10.3 Å². The van der Waals surface area contributed by atoms with Crippen molar-refractivity contribution in [1.82, 2.24) is 9.55 Å². The second-order valence-electron chi connectivity index (χ2n) is 2.15. The molecule has 74 valence electrons. The molecule has 0 saturated carbocycles. The zero-order valence-electron chi connectivity index (χ0n) is 6.51. The number of hydrogen-bond acceptors (Lipinski definition) is 3. The summed E-state index contributed by atoms with van der Waals surface area (Å²) in [5, 5.41) is 9.00. The van der Waals surface area contributed by atoms with Gasteiger partial charge in [-0.25, -0.2) is 4.98 Å². The highest BCUT2D eigenvalue weighted by atomic mass is 79.9. The lowest BCUT2D eigenvalue weighted by Crippen LogP contribution is -2.06. The minimum absolute atomic E-state index is 0.0301. The van der Waals surface area contributed by atoms with E-state index in [4.69, 9.17) is 33.0 Å². The number of aliphatic hydroxyl groups is 1. The molecule has 1 heterocycles. The normalized spacial score (nSPS) is 10.8. The van der Waals surface area contributed by atoms with Crippen molar-refractivity contribution in [1.29, 1.82) is 0 Å². The van der Waals surface area contributed by atoms with Gasteiger partial charge in [0.15, 0.2) is 15.0 Å². The summed E-state index contributed by atoms with van der Waals surface area (Å²) in [7, 11) is 0. The molecule has 4 nitrogen and oxygen atoms in total. The van der Waals surface area contributed by atoms with Gasteiger partial charge in [0.1, 0.15) is 6.73 Å². The number of halogens is 3. The summed E-state index contributed by atoms with van der Waals surface area (Å²) < 4.78 is 7.09. The minimum atomic E-state index is -0.0301. The fourth-order valence-electron chi connectivity index (χ4n) is 0.710. The topological polar surface area (TPSA) is 47.3 Å². The minimum Gasteiger partial charge on any atom is -0.394 e. The molecule has 1 aromatic heterocycles. The molecule has 1 aromatic rings. The molecule has 0 aliphatic carbocycles. The van der Waals surface area contributed by atoms with Crippen molar-refractivity contribution >= 4 is 39.1 Å². The van der Waals surface area contributed by atoms with E-state index in [0.29, 0.717) is 9.89 Å². The van der Waals surface area contributed by atoms with Crippen molar-refractivity contribution in [2.45, 2.75) is 6.73 Å². The molecule has 0 amide bonds. The van der Waals surface area contributed by atoms with Crippen LogP contribution in [0.5, 0.6) is 0 Å². The Hall–Kier alpha value is 0.190. The molecule has 0 fully saturated rings. The Morgan fingerprint density at radius 3 is 2.69 bits per heavy atom. The highest BCUT2D eigenvalue weighted by Crippen LogP contribution is 2.25. The number of ether oxygens (including phenoxy) is 1. The van der Waals surface area contributed by atoms with Crippen LogP contribution < -0.4 is 0 Å². The molecular formula is C6H7BrCl2N2O2. The van der Waals surface area contributed by atoms with Gasteiger partial charge in [-0.3, -0.25) is 4.57 Å². The molecule has 0 aromatic carbocycles. The van der Waals surface area contributed by atoms with Crippen LogP contribution in [-0.4, -0.2) is 27.9 Å². The zero-order chi connectivity index (χ0) is 9.84. The van der Waals surface area contributed by atoms with Crippen LogP contribution in [0, 0.1) is 0 Å². The lowest BCUT2D eigenvalue weighted by molar-refractivity contribution is 0.0472. The molecule has 7 heteroatoms. The number of nitrogens with zero attached hydrogens (tertiary/aromatic N) is 2. The monoisotopic (exact) mass is 288 g/mol. The van der Waals surface area contributed by atoms with Crippen LogP contribution in [0.25, 0.3) is 0 Å². The van der Waals surface area contributed by atoms with Crippen molar-refractivity contribution < 1.29 is 9.84 Å². The Balaban J connectivity index is 2.64. The van der Waals surface area contributed by atoms with Gasteiger partial charge in [0.25, 0.3) is 0 Å². The Kier molecular flexibility index (Phi) is 4.48. The van der Waals surface area contributed by atoms with E-state index in [9.17, 15) is 0 Å². The highest BCUT2D eigenvalue weighted by molar-refractivity contribution is 9.10. The summed E-state index contributed by atoms with van der Waals surface area (Å²) in [5.74, 6) is 0. The Labute approximate surface area is 93.5 Å². The Morgan fingerprint density at radius 2 is 2.23 bits per heavy atom. The van der Waals surface area contributed by atoms with Crippen LogP contribution >= 0.6 is 39.1 Å². The molecule has 0 spiro atoms. The fourth-order valence-corrected chi connectivity index (χ4v) is 1.72. The summed E-state index contributed by atoms with van der Waals surface area (Å²) in [4.78, 5) is 3.86. The van der Waals surface area contributed by atoms with Crippen LogP contribution in [0.1, 0.15) is 0 Å². The van der Waals surface area contributed by atoms with Crippen molar-refractivity contribution in [3.63, 3.8) is 0 Å². The number of imidazole rings is 1. The largest absolute Gasteiger partial charge is 0.394 e. The van der Waals surface area contributed by atoms with Crippen LogP contribution in [0.3, 0.4) is 0 Å². The maximum Gasteiger partial charge on any atom is 0.181 e. The molecule has 0 aliphatic rings. The average Bonchev–Trinajstić information content (AvgIpc) is 2.32. The molecule has 1 N–H and O–H groups in total. The van der Waals surface area contributed by atoms with E-state index < -0.39 is 0 Å². The smallest absolute Gasteiger partial charge is 0.181 e. The lowest BCUT2D eigenvalue weighted by atomic mass is 10.8. The van der Waals surface area contributed by atoms with Gasteiger partial charge in [-0.15, -0.1) is 0 Å². The SMILES string of the molecule is OCCOCn1c(Br)nc(Cl)c1Cl. The predicted molar refractivity (Wildman–Crippen MR) is 53.0 cm³/mol. The van der Waals surface area contributed by atoms with Gasteiger partial charge < -0.3 is 9.84 Å². The first kappa shape index (κ1) is 11.3. The fraction of sp³-hybridized carbons (Fsp3) is 0.500. The van der Waals surface area contributed by atoms with Gasteiger partial charge in [-0.2, -0.15) is 0 Å². The van der Waals surface area contributed by atoms with Crippen LogP contribution in [0.15, 0.2) is 4.73 Å². The Morgan fingerprint density at radius 1 is 1.54 bits per heavy atom. The van der Waals surface area contributed by atoms with Gasteiger partial charge in [-0.1, -0.05) is 23.2 Å². The first-order valence-corrected chi connectivity index (χ1v) is 4.97. The van der Waals surface area contributed by atoms with Gasteiger partial charge in [0, 0.05) is 0 Å². The maximum absolute atomic E-state index is 8.47. The first-order chi connectivity index (χ1) is 6.16. The third-order valence-electron chi connectivity index (χ3n) is 1.28. The zero-order valence-corrected chi connectivity index (χ0v) is 9.60. The van der Waals surface area contributed by atoms with Gasteiger partial charge >= 0.3 is 0 Å². The molecule has 1 rings (SSSR count). The summed E-state index contributed by atoms with van der Waals surface area (Å²) >= 11 is 14.6.